The normalized spacial score (nSPS) is 12.1. The minimum atomic E-state index is -3.88. The van der Waals surface area contributed by atoms with E-state index in [4.69, 9.17) is 4.55 Å². The molecule has 0 amide bonds. The van der Waals surface area contributed by atoms with Gasteiger partial charge in [-0.05, 0) is 18.1 Å². The van der Waals surface area contributed by atoms with Gasteiger partial charge in [0.2, 0.25) is 0 Å². The van der Waals surface area contributed by atoms with Crippen molar-refractivity contribution in [1.29, 1.82) is 0 Å². The number of para-hydroxylation sites is 1. The number of aromatic nitrogens is 1. The predicted molar refractivity (Wildman–Crippen MR) is 58.4 cm³/mol. The zero-order valence-corrected chi connectivity index (χ0v) is 8.79. The van der Waals surface area contributed by atoms with Gasteiger partial charge >= 0.3 is 0 Å². The summed E-state index contributed by atoms with van der Waals surface area (Å²) in [6, 6.07) is 7.65. The van der Waals surface area contributed by atoms with E-state index < -0.39 is 10.1 Å². The van der Waals surface area contributed by atoms with Gasteiger partial charge in [-0.25, -0.2) is 0 Å². The standard InChI is InChI=1S/C10H11NO3S/c12-15(13,14)6-5-8-7-11-10-4-2-1-3-9(8)10/h1-4,7,11H,5-6H2,(H,12,13,14). The van der Waals surface area contributed by atoms with Gasteiger partial charge < -0.3 is 4.98 Å². The Morgan fingerprint density at radius 3 is 2.73 bits per heavy atom. The molecular weight excluding hydrogens is 214 g/mol. The van der Waals surface area contributed by atoms with Gasteiger partial charge in [0.05, 0.1) is 5.75 Å². The van der Waals surface area contributed by atoms with Crippen molar-refractivity contribution in [3.63, 3.8) is 0 Å². The Bertz CT molecular complexity index is 571. The van der Waals surface area contributed by atoms with Gasteiger partial charge in [-0.2, -0.15) is 8.42 Å². The molecule has 2 N–H and O–H groups in total. The summed E-state index contributed by atoms with van der Waals surface area (Å²) in [4.78, 5) is 3.05. The van der Waals surface area contributed by atoms with E-state index in [2.05, 4.69) is 4.98 Å². The van der Waals surface area contributed by atoms with Crippen molar-refractivity contribution in [1.82, 2.24) is 4.98 Å². The van der Waals surface area contributed by atoms with Gasteiger partial charge in [0.15, 0.2) is 0 Å². The molecule has 0 atom stereocenters. The Hall–Kier alpha value is -1.33. The fourth-order valence-corrected chi connectivity index (χ4v) is 2.06. The zero-order chi connectivity index (χ0) is 10.9. The Morgan fingerprint density at radius 1 is 1.27 bits per heavy atom. The first-order chi connectivity index (χ1) is 7.06. The molecule has 2 aromatic rings. The fraction of sp³-hybridized carbons (Fsp3) is 0.200. The lowest BCUT2D eigenvalue weighted by Crippen LogP contribution is -2.06. The molecule has 5 heteroatoms. The quantitative estimate of drug-likeness (QED) is 0.779. The first-order valence-corrected chi connectivity index (χ1v) is 6.17. The number of rotatable bonds is 3. The summed E-state index contributed by atoms with van der Waals surface area (Å²) in [6.07, 6.45) is 2.10. The van der Waals surface area contributed by atoms with Crippen molar-refractivity contribution >= 4 is 21.0 Å². The first-order valence-electron chi connectivity index (χ1n) is 4.56. The average molecular weight is 225 g/mol. The van der Waals surface area contributed by atoms with Crippen LogP contribution < -0.4 is 0 Å². The van der Waals surface area contributed by atoms with Crippen LogP contribution in [-0.4, -0.2) is 23.7 Å². The van der Waals surface area contributed by atoms with Crippen LogP contribution >= 0.6 is 0 Å². The van der Waals surface area contributed by atoms with Crippen LogP contribution in [0, 0.1) is 0 Å². The van der Waals surface area contributed by atoms with E-state index >= 15 is 0 Å². The highest BCUT2D eigenvalue weighted by atomic mass is 32.2. The molecule has 1 heterocycles. The molecular formula is C10H11NO3S. The molecule has 0 radical (unpaired) electrons. The Morgan fingerprint density at radius 2 is 2.00 bits per heavy atom. The minimum Gasteiger partial charge on any atom is -0.361 e. The number of aryl methyl sites for hydroxylation is 1. The van der Waals surface area contributed by atoms with Gasteiger partial charge in [-0.3, -0.25) is 4.55 Å². The Labute approximate surface area is 87.7 Å². The maximum absolute atomic E-state index is 10.6. The van der Waals surface area contributed by atoms with Crippen molar-refractivity contribution in [3.05, 3.63) is 36.0 Å². The van der Waals surface area contributed by atoms with E-state index in [0.29, 0.717) is 6.42 Å². The summed E-state index contributed by atoms with van der Waals surface area (Å²) < 4.78 is 29.9. The second-order valence-electron chi connectivity index (χ2n) is 3.40. The van der Waals surface area contributed by atoms with Crippen LogP contribution in [0.4, 0.5) is 0 Å². The molecule has 1 aromatic heterocycles. The molecule has 80 valence electrons. The molecule has 0 fully saturated rings. The van der Waals surface area contributed by atoms with Crippen molar-refractivity contribution < 1.29 is 13.0 Å². The average Bonchev–Trinajstić information content (AvgIpc) is 2.57. The van der Waals surface area contributed by atoms with Crippen LogP contribution in [0.1, 0.15) is 5.56 Å². The number of benzene rings is 1. The SMILES string of the molecule is O=S(=O)(O)CCc1c[nH]c2ccccc12. The largest absolute Gasteiger partial charge is 0.361 e. The molecule has 2 rings (SSSR count). The topological polar surface area (TPSA) is 70.2 Å². The summed E-state index contributed by atoms with van der Waals surface area (Å²) in [6.45, 7) is 0. The molecule has 0 aliphatic carbocycles. The zero-order valence-electron chi connectivity index (χ0n) is 7.97. The lowest BCUT2D eigenvalue weighted by Gasteiger charge is -1.96. The smallest absolute Gasteiger partial charge is 0.265 e. The molecule has 15 heavy (non-hydrogen) atoms. The predicted octanol–water partition coefficient (Wildman–Crippen LogP) is 1.60. The third-order valence-corrected chi connectivity index (χ3v) is 3.02. The van der Waals surface area contributed by atoms with E-state index in [0.717, 1.165) is 16.5 Å². The van der Waals surface area contributed by atoms with Crippen LogP contribution in [0.15, 0.2) is 30.5 Å². The summed E-state index contributed by atoms with van der Waals surface area (Å²) in [5, 5.41) is 1.00. The number of aromatic amines is 1. The van der Waals surface area contributed by atoms with Crippen LogP contribution in [0.5, 0.6) is 0 Å². The van der Waals surface area contributed by atoms with Crippen LogP contribution in [0.25, 0.3) is 10.9 Å². The van der Waals surface area contributed by atoms with Crippen LogP contribution in [0.2, 0.25) is 0 Å². The molecule has 0 spiro atoms. The monoisotopic (exact) mass is 225 g/mol. The number of H-pyrrole nitrogens is 1. The second-order valence-corrected chi connectivity index (χ2v) is 4.97. The van der Waals surface area contributed by atoms with Gasteiger partial charge in [0.1, 0.15) is 0 Å². The van der Waals surface area contributed by atoms with Gasteiger partial charge in [0.25, 0.3) is 10.1 Å². The summed E-state index contributed by atoms with van der Waals surface area (Å²) >= 11 is 0. The van der Waals surface area contributed by atoms with Crippen LogP contribution in [0.3, 0.4) is 0 Å². The lowest BCUT2D eigenvalue weighted by atomic mass is 10.1. The summed E-state index contributed by atoms with van der Waals surface area (Å²) in [7, 11) is -3.88. The maximum Gasteiger partial charge on any atom is 0.265 e. The third-order valence-electron chi connectivity index (χ3n) is 2.30. The van der Waals surface area contributed by atoms with Crippen molar-refractivity contribution in [2.75, 3.05) is 5.75 Å². The molecule has 1 aromatic carbocycles. The van der Waals surface area contributed by atoms with Crippen LogP contribution in [-0.2, 0) is 16.5 Å². The molecule has 0 aliphatic heterocycles. The van der Waals surface area contributed by atoms with E-state index in [1.807, 2.05) is 24.3 Å². The van der Waals surface area contributed by atoms with Crippen molar-refractivity contribution in [2.45, 2.75) is 6.42 Å². The minimum absolute atomic E-state index is 0.241. The molecule has 0 aliphatic rings. The molecule has 0 bridgehead atoms. The Balaban J connectivity index is 2.29. The number of nitrogens with one attached hydrogen (secondary N) is 1. The molecule has 4 nitrogen and oxygen atoms in total. The third kappa shape index (κ3) is 2.37. The van der Waals surface area contributed by atoms with Gasteiger partial charge in [-0.15, -0.1) is 0 Å². The second kappa shape index (κ2) is 3.67. The fourth-order valence-electron chi connectivity index (χ4n) is 1.58. The highest BCUT2D eigenvalue weighted by molar-refractivity contribution is 7.85. The van der Waals surface area contributed by atoms with E-state index in [1.54, 1.807) is 6.20 Å². The summed E-state index contributed by atoms with van der Waals surface area (Å²) in [5.41, 5.74) is 1.88. The van der Waals surface area contributed by atoms with Crippen molar-refractivity contribution in [3.8, 4) is 0 Å². The maximum atomic E-state index is 10.6. The highest BCUT2D eigenvalue weighted by Gasteiger charge is 2.08. The highest BCUT2D eigenvalue weighted by Crippen LogP contribution is 2.18. The van der Waals surface area contributed by atoms with E-state index in [1.165, 1.54) is 0 Å². The van der Waals surface area contributed by atoms with E-state index in [-0.39, 0.29) is 5.75 Å². The number of fused-ring (bicyclic) bond motifs is 1. The summed E-state index contributed by atoms with van der Waals surface area (Å²) in [5.74, 6) is -0.241. The lowest BCUT2D eigenvalue weighted by molar-refractivity contribution is 0.483. The number of hydrogen-bond donors (Lipinski definition) is 2. The Kier molecular flexibility index (Phi) is 2.50. The van der Waals surface area contributed by atoms with Crippen molar-refractivity contribution in [2.24, 2.45) is 0 Å². The molecule has 0 saturated heterocycles. The van der Waals surface area contributed by atoms with Gasteiger partial charge in [0, 0.05) is 17.1 Å². The molecule has 0 saturated carbocycles. The first kappa shape index (κ1) is 10.2. The van der Waals surface area contributed by atoms with E-state index in [9.17, 15) is 8.42 Å². The van der Waals surface area contributed by atoms with Gasteiger partial charge in [-0.1, -0.05) is 18.2 Å². The molecule has 0 unspecified atom stereocenters. The number of hydrogen-bond acceptors (Lipinski definition) is 2.